The Bertz CT molecular complexity index is 831. The van der Waals surface area contributed by atoms with Crippen LogP contribution in [0, 0.1) is 29.4 Å². The van der Waals surface area contributed by atoms with Crippen molar-refractivity contribution in [3.8, 4) is 5.75 Å². The van der Waals surface area contributed by atoms with Gasteiger partial charge in [-0.2, -0.15) is 0 Å². The summed E-state index contributed by atoms with van der Waals surface area (Å²) in [5, 5.41) is 1.07. The molecule has 3 heteroatoms. The van der Waals surface area contributed by atoms with Crippen molar-refractivity contribution >= 4 is 10.8 Å². The molecular formula is C25H32F2O. The fourth-order valence-corrected chi connectivity index (χ4v) is 5.78. The SMILES string of the molecule is CCCCC1CCC2CC(c3cc4c(F)cc(OC)cc4cc3F)CCC2C1. The normalized spacial score (nSPS) is 27.6. The molecule has 0 amide bonds. The quantitative estimate of drug-likeness (QED) is 0.513. The first-order chi connectivity index (χ1) is 13.6. The molecule has 2 fully saturated rings. The minimum Gasteiger partial charge on any atom is -0.497 e. The number of methoxy groups -OCH3 is 1. The summed E-state index contributed by atoms with van der Waals surface area (Å²) in [5.74, 6) is 2.56. The first kappa shape index (κ1) is 19.7. The number of rotatable bonds is 5. The summed E-state index contributed by atoms with van der Waals surface area (Å²) in [6, 6.07) is 6.35. The van der Waals surface area contributed by atoms with Gasteiger partial charge in [0.1, 0.15) is 17.4 Å². The van der Waals surface area contributed by atoms with Crippen LogP contribution in [0.25, 0.3) is 10.8 Å². The molecule has 2 aliphatic carbocycles. The Kier molecular flexibility index (Phi) is 5.89. The van der Waals surface area contributed by atoms with Crippen molar-refractivity contribution in [1.29, 1.82) is 0 Å². The second-order valence-electron chi connectivity index (χ2n) is 9.06. The van der Waals surface area contributed by atoms with Gasteiger partial charge in [-0.25, -0.2) is 8.78 Å². The predicted molar refractivity (Wildman–Crippen MR) is 111 cm³/mol. The Morgan fingerprint density at radius 3 is 2.50 bits per heavy atom. The Hall–Kier alpha value is -1.64. The van der Waals surface area contributed by atoms with Gasteiger partial charge in [-0.3, -0.25) is 0 Å². The highest BCUT2D eigenvalue weighted by atomic mass is 19.1. The summed E-state index contributed by atoms with van der Waals surface area (Å²) in [6.07, 6.45) is 11.3. The van der Waals surface area contributed by atoms with Crippen LogP contribution in [0.5, 0.6) is 5.75 Å². The fourth-order valence-electron chi connectivity index (χ4n) is 5.78. The highest BCUT2D eigenvalue weighted by molar-refractivity contribution is 5.85. The van der Waals surface area contributed by atoms with Crippen LogP contribution in [-0.2, 0) is 0 Å². The van der Waals surface area contributed by atoms with E-state index in [2.05, 4.69) is 6.92 Å². The third-order valence-electron chi connectivity index (χ3n) is 7.36. The summed E-state index contributed by atoms with van der Waals surface area (Å²) in [7, 11) is 1.50. The monoisotopic (exact) mass is 386 g/mol. The largest absolute Gasteiger partial charge is 0.497 e. The van der Waals surface area contributed by atoms with E-state index in [1.165, 1.54) is 64.2 Å². The zero-order chi connectivity index (χ0) is 19.7. The lowest BCUT2D eigenvalue weighted by atomic mass is 9.63. The molecular weight excluding hydrogens is 354 g/mol. The van der Waals surface area contributed by atoms with E-state index in [0.29, 0.717) is 28.0 Å². The molecule has 4 rings (SSSR count). The number of fused-ring (bicyclic) bond motifs is 2. The molecule has 2 aromatic rings. The first-order valence-electron chi connectivity index (χ1n) is 11.1. The van der Waals surface area contributed by atoms with Crippen LogP contribution in [0.4, 0.5) is 8.78 Å². The molecule has 4 unspecified atom stereocenters. The molecule has 2 aliphatic rings. The fraction of sp³-hybridized carbons (Fsp3) is 0.600. The van der Waals surface area contributed by atoms with Crippen molar-refractivity contribution in [2.24, 2.45) is 17.8 Å². The second-order valence-corrected chi connectivity index (χ2v) is 9.06. The molecule has 152 valence electrons. The number of hydrogen-bond acceptors (Lipinski definition) is 1. The van der Waals surface area contributed by atoms with Gasteiger partial charge in [-0.15, -0.1) is 0 Å². The van der Waals surface area contributed by atoms with Crippen LogP contribution in [-0.4, -0.2) is 7.11 Å². The van der Waals surface area contributed by atoms with Crippen molar-refractivity contribution < 1.29 is 13.5 Å². The van der Waals surface area contributed by atoms with Crippen LogP contribution in [0.2, 0.25) is 0 Å². The summed E-state index contributed by atoms with van der Waals surface area (Å²) >= 11 is 0. The maximum Gasteiger partial charge on any atom is 0.134 e. The van der Waals surface area contributed by atoms with Crippen molar-refractivity contribution in [3.05, 3.63) is 41.5 Å². The third kappa shape index (κ3) is 3.90. The molecule has 2 aromatic carbocycles. The van der Waals surface area contributed by atoms with E-state index >= 15 is 0 Å². The van der Waals surface area contributed by atoms with Crippen molar-refractivity contribution in [3.63, 3.8) is 0 Å². The van der Waals surface area contributed by atoms with E-state index < -0.39 is 0 Å². The van der Waals surface area contributed by atoms with Crippen LogP contribution in [0.15, 0.2) is 24.3 Å². The van der Waals surface area contributed by atoms with Crippen LogP contribution < -0.4 is 4.74 Å². The lowest BCUT2D eigenvalue weighted by Gasteiger charge is -2.42. The van der Waals surface area contributed by atoms with Crippen LogP contribution in [0.1, 0.15) is 76.2 Å². The van der Waals surface area contributed by atoms with E-state index in [1.807, 2.05) is 0 Å². The lowest BCUT2D eigenvalue weighted by Crippen LogP contribution is -2.30. The molecule has 28 heavy (non-hydrogen) atoms. The van der Waals surface area contributed by atoms with Gasteiger partial charge < -0.3 is 4.74 Å². The molecule has 0 saturated heterocycles. The van der Waals surface area contributed by atoms with Gasteiger partial charge in [0.05, 0.1) is 7.11 Å². The second kappa shape index (κ2) is 8.39. The zero-order valence-electron chi connectivity index (χ0n) is 17.1. The zero-order valence-corrected chi connectivity index (χ0v) is 17.1. The van der Waals surface area contributed by atoms with Gasteiger partial charge in [0.2, 0.25) is 0 Å². The van der Waals surface area contributed by atoms with Gasteiger partial charge in [0.25, 0.3) is 0 Å². The highest BCUT2D eigenvalue weighted by Crippen LogP contribution is 2.49. The molecule has 0 aliphatic heterocycles. The average molecular weight is 387 g/mol. The maximum atomic E-state index is 14.9. The summed E-state index contributed by atoms with van der Waals surface area (Å²) in [6.45, 7) is 2.27. The predicted octanol–water partition coefficient (Wildman–Crippen LogP) is 7.62. The Labute approximate surface area is 167 Å². The number of benzene rings is 2. The third-order valence-corrected chi connectivity index (χ3v) is 7.36. The average Bonchev–Trinajstić information content (AvgIpc) is 2.71. The summed E-state index contributed by atoms with van der Waals surface area (Å²) < 4.78 is 34.6. The van der Waals surface area contributed by atoms with E-state index in [9.17, 15) is 8.78 Å². The van der Waals surface area contributed by atoms with Crippen molar-refractivity contribution in [2.45, 2.75) is 70.6 Å². The lowest BCUT2D eigenvalue weighted by molar-refractivity contribution is 0.112. The Morgan fingerprint density at radius 1 is 0.929 bits per heavy atom. The summed E-state index contributed by atoms with van der Waals surface area (Å²) in [4.78, 5) is 0. The number of hydrogen-bond donors (Lipinski definition) is 0. The minimum absolute atomic E-state index is 0.194. The molecule has 0 radical (unpaired) electrons. The van der Waals surface area contributed by atoms with E-state index in [-0.39, 0.29) is 17.6 Å². The molecule has 2 saturated carbocycles. The van der Waals surface area contributed by atoms with E-state index in [4.69, 9.17) is 4.74 Å². The van der Waals surface area contributed by atoms with E-state index in [0.717, 1.165) is 24.7 Å². The molecule has 0 aromatic heterocycles. The van der Waals surface area contributed by atoms with Gasteiger partial charge in [0.15, 0.2) is 0 Å². The van der Waals surface area contributed by atoms with Gasteiger partial charge in [0, 0.05) is 11.5 Å². The molecule has 0 bridgehead atoms. The Balaban J connectivity index is 1.52. The number of halogens is 2. The molecule has 0 spiro atoms. The number of unbranched alkanes of at least 4 members (excludes halogenated alkanes) is 1. The van der Waals surface area contributed by atoms with Crippen LogP contribution in [0.3, 0.4) is 0 Å². The maximum absolute atomic E-state index is 14.9. The van der Waals surface area contributed by atoms with Gasteiger partial charge >= 0.3 is 0 Å². The van der Waals surface area contributed by atoms with Crippen molar-refractivity contribution in [1.82, 2.24) is 0 Å². The summed E-state index contributed by atoms with van der Waals surface area (Å²) in [5.41, 5.74) is 0.711. The first-order valence-corrected chi connectivity index (χ1v) is 11.1. The smallest absolute Gasteiger partial charge is 0.134 e. The van der Waals surface area contributed by atoms with Gasteiger partial charge in [-0.05, 0) is 84.9 Å². The minimum atomic E-state index is -0.333. The number of ether oxygens (including phenoxy) is 1. The Morgan fingerprint density at radius 2 is 1.71 bits per heavy atom. The van der Waals surface area contributed by atoms with Crippen LogP contribution >= 0.6 is 0 Å². The molecule has 1 nitrogen and oxygen atoms in total. The van der Waals surface area contributed by atoms with E-state index in [1.54, 1.807) is 12.1 Å². The van der Waals surface area contributed by atoms with Crippen molar-refractivity contribution in [2.75, 3.05) is 7.11 Å². The molecule has 0 heterocycles. The highest BCUT2D eigenvalue weighted by Gasteiger charge is 2.36. The topological polar surface area (TPSA) is 9.23 Å². The molecule has 4 atom stereocenters. The molecule has 0 N–H and O–H groups in total. The standard InChI is InChI=1S/C25H32F2O/c1-3-4-5-16-6-7-18-11-19(9-8-17(18)10-16)22-15-23-20(13-24(22)26)12-21(28-2)14-25(23)27/h12-19H,3-11H2,1-2H3. The van der Waals surface area contributed by atoms with Gasteiger partial charge in [-0.1, -0.05) is 32.6 Å².